The highest BCUT2D eigenvalue weighted by atomic mass is 16.3. The van der Waals surface area contributed by atoms with Crippen LogP contribution in [0.4, 0.5) is 22.7 Å². The Hall–Kier alpha value is -4.29. The quantitative estimate of drug-likeness (QED) is 0.130. The number of rotatable bonds is 9. The van der Waals surface area contributed by atoms with Crippen LogP contribution in [-0.2, 0) is 28.8 Å². The first-order chi connectivity index (χ1) is 21.4. The highest BCUT2D eigenvalue weighted by Crippen LogP contribution is 2.53. The molecular formula is C34H37N7O4. The normalized spacial score (nSPS) is 24.6. The topological polar surface area (TPSA) is 210 Å². The number of aromatic nitrogens is 3. The predicted octanol–water partition coefficient (Wildman–Crippen LogP) is 2.89. The van der Waals surface area contributed by atoms with Crippen LogP contribution in [0.25, 0.3) is 11.1 Å². The van der Waals surface area contributed by atoms with E-state index in [-0.39, 0.29) is 0 Å². The maximum absolute atomic E-state index is 11.7. The van der Waals surface area contributed by atoms with Gasteiger partial charge in [-0.1, -0.05) is 12.1 Å². The minimum atomic E-state index is -1.32. The largest absolute Gasteiger partial charge is 0.398 e. The maximum Gasteiger partial charge on any atom is 0.131 e. The molecule has 3 aromatic heterocycles. The molecule has 11 N–H and O–H groups in total. The first-order valence-corrected chi connectivity index (χ1v) is 15.5. The molecule has 0 spiro atoms. The molecule has 0 aliphatic heterocycles. The van der Waals surface area contributed by atoms with Crippen molar-refractivity contribution in [2.45, 2.75) is 79.8 Å². The molecule has 0 amide bonds. The number of nitrogens with zero attached hydrogens (tertiary/aromatic N) is 3. The lowest BCUT2D eigenvalue weighted by Gasteiger charge is -2.19. The Labute approximate surface area is 260 Å². The molecule has 4 aliphatic rings. The molecule has 2 unspecified atom stereocenters. The minimum absolute atomic E-state index is 0.373. The minimum Gasteiger partial charge on any atom is -0.398 e. The summed E-state index contributed by atoms with van der Waals surface area (Å²) in [4.78, 5) is 13.8. The van der Waals surface area contributed by atoms with Gasteiger partial charge in [0.1, 0.15) is 16.8 Å². The number of nitrogen functional groups attached to an aromatic ring is 3. The second-order valence-electron chi connectivity index (χ2n) is 13.5. The van der Waals surface area contributed by atoms with Crippen LogP contribution in [0, 0.1) is 0 Å². The second-order valence-corrected chi connectivity index (χ2v) is 13.5. The van der Waals surface area contributed by atoms with Gasteiger partial charge in [-0.2, -0.15) is 0 Å². The van der Waals surface area contributed by atoms with Gasteiger partial charge in [-0.3, -0.25) is 15.0 Å². The van der Waals surface area contributed by atoms with Crippen molar-refractivity contribution in [3.8, 4) is 11.1 Å². The van der Waals surface area contributed by atoms with Crippen LogP contribution in [0.1, 0.15) is 78.8 Å². The number of nitrogens with one attached hydrogen (secondary N) is 1. The van der Waals surface area contributed by atoms with E-state index in [1.807, 2.05) is 36.4 Å². The molecule has 0 bridgehead atoms. The Morgan fingerprint density at radius 1 is 0.689 bits per heavy atom. The molecule has 45 heavy (non-hydrogen) atoms. The van der Waals surface area contributed by atoms with Gasteiger partial charge in [0, 0.05) is 47.7 Å². The molecule has 232 valence electrons. The Bertz CT molecular complexity index is 1870. The summed E-state index contributed by atoms with van der Waals surface area (Å²) in [5.74, 6) is 0. The lowest BCUT2D eigenvalue weighted by atomic mass is 9.98. The lowest BCUT2D eigenvalue weighted by molar-refractivity contribution is 0.141. The Kier molecular flexibility index (Phi) is 5.87. The van der Waals surface area contributed by atoms with Crippen LogP contribution in [0.3, 0.4) is 0 Å². The molecule has 2 atom stereocenters. The van der Waals surface area contributed by atoms with Gasteiger partial charge >= 0.3 is 0 Å². The zero-order chi connectivity index (χ0) is 31.4. The van der Waals surface area contributed by atoms with Gasteiger partial charge in [-0.05, 0) is 80.0 Å². The van der Waals surface area contributed by atoms with E-state index in [1.165, 1.54) is 0 Å². The predicted molar refractivity (Wildman–Crippen MR) is 170 cm³/mol. The van der Waals surface area contributed by atoms with E-state index in [1.54, 1.807) is 18.5 Å². The zero-order valence-electron chi connectivity index (χ0n) is 24.8. The van der Waals surface area contributed by atoms with Crippen molar-refractivity contribution >= 4 is 22.7 Å². The summed E-state index contributed by atoms with van der Waals surface area (Å²) in [7, 11) is 0. The van der Waals surface area contributed by atoms with Crippen LogP contribution < -0.4 is 22.5 Å². The van der Waals surface area contributed by atoms with Crippen molar-refractivity contribution in [3.63, 3.8) is 0 Å². The molecule has 4 aliphatic carbocycles. The van der Waals surface area contributed by atoms with Gasteiger partial charge in [0.05, 0.1) is 45.8 Å². The van der Waals surface area contributed by atoms with Gasteiger partial charge in [-0.25, -0.2) is 0 Å². The van der Waals surface area contributed by atoms with E-state index in [2.05, 4.69) is 15.3 Å². The molecule has 0 saturated heterocycles. The van der Waals surface area contributed by atoms with Gasteiger partial charge in [0.2, 0.25) is 0 Å². The highest BCUT2D eigenvalue weighted by Gasteiger charge is 2.58. The lowest BCUT2D eigenvalue weighted by Crippen LogP contribution is -2.23. The number of benzene rings is 1. The third-order valence-electron chi connectivity index (χ3n) is 9.84. The SMILES string of the molecule is Nc1cc(-c2cnc(C3(O)CC3)c(NC3CC3(O)c3nc(Cc4cnc(C5(O)CC5)c(N)c4)ccc3N)c2)ccc1C1(O)CC1. The Balaban J connectivity index is 1.05. The number of anilines is 4. The zero-order valence-corrected chi connectivity index (χ0v) is 24.8. The third kappa shape index (κ3) is 4.87. The molecule has 4 saturated carbocycles. The van der Waals surface area contributed by atoms with Crippen molar-refractivity contribution in [2.75, 3.05) is 22.5 Å². The van der Waals surface area contributed by atoms with E-state index in [0.717, 1.165) is 22.3 Å². The van der Waals surface area contributed by atoms with Crippen LogP contribution in [-0.4, -0.2) is 41.4 Å². The first kappa shape index (κ1) is 28.2. The van der Waals surface area contributed by atoms with Gasteiger partial charge in [-0.15, -0.1) is 0 Å². The van der Waals surface area contributed by atoms with E-state index >= 15 is 0 Å². The van der Waals surface area contributed by atoms with Gasteiger partial charge in [0.15, 0.2) is 0 Å². The second kappa shape index (κ2) is 9.37. The van der Waals surface area contributed by atoms with E-state index in [4.69, 9.17) is 22.2 Å². The number of hydrogen-bond donors (Lipinski definition) is 8. The van der Waals surface area contributed by atoms with Gasteiger partial charge < -0.3 is 42.9 Å². The molecule has 3 heterocycles. The summed E-state index contributed by atoms with van der Waals surface area (Å²) in [5, 5.41) is 47.1. The summed E-state index contributed by atoms with van der Waals surface area (Å²) in [6, 6.07) is 12.5. The van der Waals surface area contributed by atoms with Crippen LogP contribution in [0.2, 0.25) is 0 Å². The number of nitrogens with two attached hydrogens (primary N) is 3. The summed E-state index contributed by atoms with van der Waals surface area (Å²) >= 11 is 0. The van der Waals surface area contributed by atoms with Crippen molar-refractivity contribution in [3.05, 3.63) is 88.8 Å². The number of aliphatic hydroxyl groups is 4. The maximum atomic E-state index is 11.7. The molecule has 0 radical (unpaired) electrons. The average molecular weight is 608 g/mol. The fourth-order valence-corrected chi connectivity index (χ4v) is 6.42. The van der Waals surface area contributed by atoms with E-state index in [0.29, 0.717) is 96.9 Å². The molecule has 11 nitrogen and oxygen atoms in total. The highest BCUT2D eigenvalue weighted by molar-refractivity contribution is 5.74. The summed E-state index contributed by atoms with van der Waals surface area (Å²) in [5.41, 5.74) is 22.2. The van der Waals surface area contributed by atoms with E-state index < -0.39 is 28.4 Å². The average Bonchev–Trinajstić information content (AvgIpc) is 3.86. The van der Waals surface area contributed by atoms with Crippen molar-refractivity contribution < 1.29 is 20.4 Å². The molecule has 8 rings (SSSR count). The molecule has 11 heteroatoms. The summed E-state index contributed by atoms with van der Waals surface area (Å²) in [6.07, 6.45) is 8.18. The standard InChI is InChI=1S/C34H37N7O4/c35-23-4-2-21(11-18-12-25(37)28(38-16-18)32(43)7-8-32)40-29(23)34(45)15-27(34)41-26-14-20(17-39-30(26)33(44)9-10-33)19-1-3-22(24(36)13-19)31(42)5-6-31/h1-4,12-14,16-17,27,41-45H,5-11,15,35-37H2. The fraction of sp³-hybridized carbons (Fsp3) is 0.382. The van der Waals surface area contributed by atoms with Crippen molar-refractivity contribution in [2.24, 2.45) is 0 Å². The smallest absolute Gasteiger partial charge is 0.131 e. The Morgan fingerprint density at radius 3 is 2.04 bits per heavy atom. The van der Waals surface area contributed by atoms with Gasteiger partial charge in [0.25, 0.3) is 0 Å². The third-order valence-corrected chi connectivity index (χ3v) is 9.84. The monoisotopic (exact) mass is 607 g/mol. The van der Waals surface area contributed by atoms with Crippen molar-refractivity contribution in [1.29, 1.82) is 0 Å². The van der Waals surface area contributed by atoms with Crippen LogP contribution >= 0.6 is 0 Å². The van der Waals surface area contributed by atoms with Crippen molar-refractivity contribution in [1.82, 2.24) is 15.0 Å². The molecule has 4 aromatic rings. The van der Waals surface area contributed by atoms with E-state index in [9.17, 15) is 20.4 Å². The molecule has 4 fully saturated rings. The number of pyridine rings is 3. The fourth-order valence-electron chi connectivity index (χ4n) is 6.42. The molecule has 1 aromatic carbocycles. The number of hydrogen-bond acceptors (Lipinski definition) is 11. The van der Waals surface area contributed by atoms with Crippen LogP contribution in [0.15, 0.2) is 54.9 Å². The first-order valence-electron chi connectivity index (χ1n) is 15.5. The Morgan fingerprint density at radius 2 is 1.38 bits per heavy atom. The molecular weight excluding hydrogens is 570 g/mol. The summed E-state index contributed by atoms with van der Waals surface area (Å²) < 4.78 is 0. The van der Waals surface area contributed by atoms with Crippen LogP contribution in [0.5, 0.6) is 0 Å². The summed E-state index contributed by atoms with van der Waals surface area (Å²) in [6.45, 7) is 0.